The molecule has 0 bridgehead atoms. The Labute approximate surface area is 163 Å². The number of rotatable bonds is 5. The van der Waals surface area contributed by atoms with Gasteiger partial charge in [0.05, 0.1) is 17.5 Å². The van der Waals surface area contributed by atoms with Gasteiger partial charge in [-0.15, -0.1) is 0 Å². The SMILES string of the molecule is CC(C)(O)COc1cc(-c2ccc(N3CCCC3)nc2)n2c(C#N)cnc2c1. The fraction of sp³-hybridized carbons (Fsp3) is 0.381. The number of aromatic nitrogens is 3. The van der Waals surface area contributed by atoms with Crippen LogP contribution in [0.15, 0.2) is 36.7 Å². The molecule has 0 radical (unpaired) electrons. The second-order valence-electron chi connectivity index (χ2n) is 7.73. The average molecular weight is 377 g/mol. The fourth-order valence-corrected chi connectivity index (χ4v) is 3.39. The summed E-state index contributed by atoms with van der Waals surface area (Å²) in [5.41, 5.74) is 1.76. The Balaban J connectivity index is 1.75. The van der Waals surface area contributed by atoms with Gasteiger partial charge in [-0.25, -0.2) is 9.97 Å². The lowest BCUT2D eigenvalue weighted by Crippen LogP contribution is -2.27. The first kappa shape index (κ1) is 18.3. The highest BCUT2D eigenvalue weighted by Gasteiger charge is 2.17. The number of nitriles is 1. The summed E-state index contributed by atoms with van der Waals surface area (Å²) in [5.74, 6) is 1.56. The summed E-state index contributed by atoms with van der Waals surface area (Å²) in [7, 11) is 0. The van der Waals surface area contributed by atoms with E-state index in [1.165, 1.54) is 12.8 Å². The van der Waals surface area contributed by atoms with Crippen molar-refractivity contribution in [2.45, 2.75) is 32.3 Å². The highest BCUT2D eigenvalue weighted by molar-refractivity contribution is 5.68. The molecule has 28 heavy (non-hydrogen) atoms. The van der Waals surface area contributed by atoms with Crippen LogP contribution in [0.25, 0.3) is 16.9 Å². The van der Waals surface area contributed by atoms with E-state index in [0.717, 1.165) is 30.2 Å². The van der Waals surface area contributed by atoms with Crippen LogP contribution in [0.5, 0.6) is 5.75 Å². The molecule has 1 fully saturated rings. The molecule has 4 heterocycles. The molecule has 0 unspecified atom stereocenters. The second kappa shape index (κ2) is 7.13. The largest absolute Gasteiger partial charge is 0.490 e. The minimum Gasteiger partial charge on any atom is -0.490 e. The number of imidazole rings is 1. The monoisotopic (exact) mass is 377 g/mol. The molecule has 144 valence electrons. The van der Waals surface area contributed by atoms with Crippen molar-refractivity contribution in [2.24, 2.45) is 0 Å². The molecule has 0 saturated carbocycles. The van der Waals surface area contributed by atoms with E-state index >= 15 is 0 Å². The van der Waals surface area contributed by atoms with Gasteiger partial charge in [-0.2, -0.15) is 5.26 Å². The molecule has 1 saturated heterocycles. The van der Waals surface area contributed by atoms with E-state index in [1.54, 1.807) is 30.5 Å². The third-order valence-electron chi connectivity index (χ3n) is 4.76. The molecule has 0 atom stereocenters. The van der Waals surface area contributed by atoms with Gasteiger partial charge in [-0.3, -0.25) is 4.40 Å². The summed E-state index contributed by atoms with van der Waals surface area (Å²) < 4.78 is 7.57. The molecule has 1 N–H and O–H groups in total. The van der Waals surface area contributed by atoms with Crippen LogP contribution in [0.2, 0.25) is 0 Å². The van der Waals surface area contributed by atoms with Crippen LogP contribution in [-0.2, 0) is 0 Å². The van der Waals surface area contributed by atoms with E-state index in [0.29, 0.717) is 17.1 Å². The predicted octanol–water partition coefficient (Wildman–Crippen LogP) is 3.02. The second-order valence-corrected chi connectivity index (χ2v) is 7.73. The van der Waals surface area contributed by atoms with E-state index in [-0.39, 0.29) is 6.61 Å². The van der Waals surface area contributed by atoms with E-state index in [1.807, 2.05) is 24.4 Å². The molecular formula is C21H23N5O2. The van der Waals surface area contributed by atoms with Gasteiger partial charge < -0.3 is 14.7 Å². The molecule has 3 aromatic rings. The number of hydrogen-bond donors (Lipinski definition) is 1. The van der Waals surface area contributed by atoms with Crippen LogP contribution >= 0.6 is 0 Å². The van der Waals surface area contributed by atoms with Crippen LogP contribution < -0.4 is 9.64 Å². The highest BCUT2D eigenvalue weighted by Crippen LogP contribution is 2.29. The summed E-state index contributed by atoms with van der Waals surface area (Å²) in [5, 5.41) is 19.4. The molecule has 4 rings (SSSR count). The summed E-state index contributed by atoms with van der Waals surface area (Å²) in [6.07, 6.45) is 5.77. The predicted molar refractivity (Wildman–Crippen MR) is 106 cm³/mol. The van der Waals surface area contributed by atoms with E-state index in [4.69, 9.17) is 4.74 Å². The third-order valence-corrected chi connectivity index (χ3v) is 4.76. The number of pyridine rings is 2. The molecule has 1 aliphatic rings. The molecule has 0 amide bonds. The van der Waals surface area contributed by atoms with Crippen molar-refractivity contribution in [3.63, 3.8) is 0 Å². The van der Waals surface area contributed by atoms with E-state index < -0.39 is 5.60 Å². The van der Waals surface area contributed by atoms with Gasteiger partial charge in [-0.05, 0) is 38.8 Å². The van der Waals surface area contributed by atoms with Crippen molar-refractivity contribution in [3.05, 3.63) is 42.4 Å². The number of fused-ring (bicyclic) bond motifs is 1. The number of nitrogens with zero attached hydrogens (tertiary/aromatic N) is 5. The van der Waals surface area contributed by atoms with E-state index in [9.17, 15) is 10.4 Å². The minimum atomic E-state index is -0.946. The maximum Gasteiger partial charge on any atom is 0.145 e. The summed E-state index contributed by atoms with van der Waals surface area (Å²) in [6.45, 7) is 5.61. The van der Waals surface area contributed by atoms with Crippen molar-refractivity contribution in [1.29, 1.82) is 5.26 Å². The smallest absolute Gasteiger partial charge is 0.145 e. The van der Waals surface area contributed by atoms with Gasteiger partial charge in [0.25, 0.3) is 0 Å². The molecule has 0 aliphatic carbocycles. The van der Waals surface area contributed by atoms with Crippen molar-refractivity contribution in [2.75, 3.05) is 24.6 Å². The van der Waals surface area contributed by atoms with Crippen molar-refractivity contribution >= 4 is 11.5 Å². The Morgan fingerprint density at radius 1 is 1.18 bits per heavy atom. The molecule has 7 heteroatoms. The van der Waals surface area contributed by atoms with Crippen LogP contribution in [-0.4, -0.2) is 44.8 Å². The lowest BCUT2D eigenvalue weighted by Gasteiger charge is -2.19. The summed E-state index contributed by atoms with van der Waals surface area (Å²) in [4.78, 5) is 11.2. The average Bonchev–Trinajstić information content (AvgIpc) is 3.35. The van der Waals surface area contributed by atoms with Crippen LogP contribution in [0.3, 0.4) is 0 Å². The van der Waals surface area contributed by atoms with Crippen molar-refractivity contribution < 1.29 is 9.84 Å². The first-order valence-electron chi connectivity index (χ1n) is 9.43. The first-order chi connectivity index (χ1) is 13.4. The normalized spacial score (nSPS) is 14.4. The fourth-order valence-electron chi connectivity index (χ4n) is 3.39. The molecular weight excluding hydrogens is 354 g/mol. The maximum absolute atomic E-state index is 9.95. The lowest BCUT2D eigenvalue weighted by molar-refractivity contribution is 0.0285. The van der Waals surface area contributed by atoms with Crippen LogP contribution in [0, 0.1) is 11.3 Å². The number of anilines is 1. The first-order valence-corrected chi connectivity index (χ1v) is 9.43. The molecule has 0 spiro atoms. The Hall–Kier alpha value is -3.11. The minimum absolute atomic E-state index is 0.153. The zero-order chi connectivity index (χ0) is 19.7. The van der Waals surface area contributed by atoms with Crippen molar-refractivity contribution in [1.82, 2.24) is 14.4 Å². The highest BCUT2D eigenvalue weighted by atomic mass is 16.5. The summed E-state index contributed by atoms with van der Waals surface area (Å²) in [6, 6.07) is 9.83. The lowest BCUT2D eigenvalue weighted by atomic mass is 10.1. The van der Waals surface area contributed by atoms with Crippen LogP contribution in [0.1, 0.15) is 32.4 Å². The summed E-state index contributed by atoms with van der Waals surface area (Å²) >= 11 is 0. The molecule has 3 aromatic heterocycles. The van der Waals surface area contributed by atoms with Gasteiger partial charge in [0.1, 0.15) is 35.6 Å². The van der Waals surface area contributed by atoms with E-state index in [2.05, 4.69) is 20.9 Å². The topological polar surface area (TPSA) is 86.7 Å². The Kier molecular flexibility index (Phi) is 4.65. The number of ether oxygens (including phenoxy) is 1. The number of aliphatic hydroxyl groups is 1. The Bertz CT molecular complexity index is 1020. The van der Waals surface area contributed by atoms with Gasteiger partial charge in [0.15, 0.2) is 0 Å². The third kappa shape index (κ3) is 3.64. The van der Waals surface area contributed by atoms with Gasteiger partial charge in [-0.1, -0.05) is 0 Å². The van der Waals surface area contributed by atoms with Gasteiger partial charge >= 0.3 is 0 Å². The van der Waals surface area contributed by atoms with Gasteiger partial charge in [0.2, 0.25) is 0 Å². The Morgan fingerprint density at radius 3 is 2.61 bits per heavy atom. The molecule has 1 aliphatic heterocycles. The van der Waals surface area contributed by atoms with Crippen LogP contribution in [0.4, 0.5) is 5.82 Å². The quantitative estimate of drug-likeness (QED) is 0.735. The molecule has 0 aromatic carbocycles. The zero-order valence-corrected chi connectivity index (χ0v) is 16.1. The molecule has 7 nitrogen and oxygen atoms in total. The zero-order valence-electron chi connectivity index (χ0n) is 16.1. The van der Waals surface area contributed by atoms with Gasteiger partial charge in [0, 0.05) is 37.0 Å². The number of hydrogen-bond acceptors (Lipinski definition) is 6. The maximum atomic E-state index is 9.95. The van der Waals surface area contributed by atoms with Crippen molar-refractivity contribution in [3.8, 4) is 23.1 Å². The standard InChI is InChI=1S/C21H23N5O2/c1-21(2,27)14-28-17-9-18(26-16(11-22)13-24-20(26)10-17)15-5-6-19(23-12-15)25-7-3-4-8-25/h5-6,9-10,12-13,27H,3-4,7-8,14H2,1-2H3. The Morgan fingerprint density at radius 2 is 1.96 bits per heavy atom.